The lowest BCUT2D eigenvalue weighted by Gasteiger charge is -2.06. The van der Waals surface area contributed by atoms with Gasteiger partial charge >= 0.3 is 5.97 Å². The Morgan fingerprint density at radius 1 is 1.00 bits per heavy atom. The van der Waals surface area contributed by atoms with E-state index in [0.717, 1.165) is 22.3 Å². The van der Waals surface area contributed by atoms with Crippen molar-refractivity contribution in [3.8, 4) is 0 Å². The Hall–Kier alpha value is -2.61. The Morgan fingerprint density at radius 2 is 1.70 bits per heavy atom. The van der Waals surface area contributed by atoms with E-state index in [9.17, 15) is 4.79 Å². The van der Waals surface area contributed by atoms with Crippen LogP contribution in [0.25, 0.3) is 17.7 Å². The summed E-state index contributed by atoms with van der Waals surface area (Å²) in [5.74, 6) is -0.302. The third kappa shape index (κ3) is 2.16. The molecule has 20 heavy (non-hydrogen) atoms. The lowest BCUT2D eigenvalue weighted by Crippen LogP contribution is -2.03. The first-order valence-electron chi connectivity index (χ1n) is 6.46. The molecule has 0 atom stereocenters. The monoisotopic (exact) mass is 262 g/mol. The van der Waals surface area contributed by atoms with Gasteiger partial charge < -0.3 is 4.74 Å². The molecule has 2 aromatic rings. The molecule has 0 aliphatic heterocycles. The lowest BCUT2D eigenvalue weighted by atomic mass is 10.00. The Kier molecular flexibility index (Phi) is 3.21. The third-order valence-electron chi connectivity index (χ3n) is 3.36. The van der Waals surface area contributed by atoms with E-state index in [1.54, 1.807) is 0 Å². The largest absolute Gasteiger partial charge is 0.465 e. The third-order valence-corrected chi connectivity index (χ3v) is 3.36. The van der Waals surface area contributed by atoms with Crippen molar-refractivity contribution < 1.29 is 9.53 Å². The molecule has 0 bridgehead atoms. The molecular weight excluding hydrogens is 248 g/mol. The van der Waals surface area contributed by atoms with Gasteiger partial charge in [0.2, 0.25) is 0 Å². The molecule has 3 rings (SSSR count). The molecule has 0 unspecified atom stereocenters. The van der Waals surface area contributed by atoms with Crippen molar-refractivity contribution in [3.05, 3.63) is 76.9 Å². The van der Waals surface area contributed by atoms with E-state index in [1.807, 2.05) is 66.7 Å². The molecule has 2 aromatic carbocycles. The van der Waals surface area contributed by atoms with Crippen LogP contribution in [0.1, 0.15) is 16.7 Å². The van der Waals surface area contributed by atoms with Crippen molar-refractivity contribution in [2.45, 2.75) is 0 Å². The summed E-state index contributed by atoms with van der Waals surface area (Å²) in [7, 11) is 1.41. The predicted octanol–water partition coefficient (Wildman–Crippen LogP) is 3.80. The van der Waals surface area contributed by atoms with Crippen LogP contribution >= 0.6 is 0 Å². The van der Waals surface area contributed by atoms with Crippen LogP contribution in [0.15, 0.2) is 60.2 Å². The van der Waals surface area contributed by atoms with Crippen LogP contribution < -0.4 is 0 Å². The highest BCUT2D eigenvalue weighted by Gasteiger charge is 2.24. The molecule has 1 aliphatic rings. The second-order valence-corrected chi connectivity index (χ2v) is 4.61. The number of fused-ring (bicyclic) bond motifs is 1. The molecule has 2 nitrogen and oxygen atoms in total. The maximum atomic E-state index is 12.0. The van der Waals surface area contributed by atoms with E-state index in [-0.39, 0.29) is 5.97 Å². The number of carbonyl (C=O) groups is 1. The number of carbonyl (C=O) groups excluding carboxylic acids is 1. The molecule has 0 amide bonds. The van der Waals surface area contributed by atoms with Crippen LogP contribution in [0.5, 0.6) is 0 Å². The van der Waals surface area contributed by atoms with E-state index in [2.05, 4.69) is 0 Å². The summed E-state index contributed by atoms with van der Waals surface area (Å²) < 4.78 is 4.89. The summed E-state index contributed by atoms with van der Waals surface area (Å²) in [4.78, 5) is 12.0. The molecule has 0 radical (unpaired) electrons. The van der Waals surface area contributed by atoms with Gasteiger partial charge in [-0.1, -0.05) is 54.6 Å². The first-order valence-corrected chi connectivity index (χ1v) is 6.46. The Morgan fingerprint density at radius 3 is 2.45 bits per heavy atom. The Bertz CT molecular complexity index is 709. The van der Waals surface area contributed by atoms with Crippen LogP contribution in [0, 0.1) is 0 Å². The minimum Gasteiger partial charge on any atom is -0.465 e. The molecule has 0 saturated carbocycles. The Balaban J connectivity index is 2.13. The molecule has 0 N–H and O–H groups in total. The van der Waals surface area contributed by atoms with Crippen LogP contribution in [-0.4, -0.2) is 13.1 Å². The highest BCUT2D eigenvalue weighted by molar-refractivity contribution is 6.18. The van der Waals surface area contributed by atoms with Gasteiger partial charge in [0.1, 0.15) is 0 Å². The normalized spacial score (nSPS) is 14.8. The highest BCUT2D eigenvalue weighted by atomic mass is 16.5. The van der Waals surface area contributed by atoms with Crippen molar-refractivity contribution in [2.75, 3.05) is 7.11 Å². The quantitative estimate of drug-likeness (QED) is 0.769. The van der Waals surface area contributed by atoms with Gasteiger partial charge in [0.05, 0.1) is 12.7 Å². The smallest absolute Gasteiger partial charge is 0.338 e. The maximum absolute atomic E-state index is 12.0. The van der Waals surface area contributed by atoms with Crippen molar-refractivity contribution in [2.24, 2.45) is 0 Å². The van der Waals surface area contributed by atoms with E-state index in [4.69, 9.17) is 4.74 Å². The standard InChI is InChI=1S/C18H14O2/c1-20-18(19)17-12-14-9-5-6-10-15(14)16(17)11-13-7-3-2-4-8-13/h2-12H,1H3/b16-11-. The number of hydrogen-bond donors (Lipinski definition) is 0. The van der Waals surface area contributed by atoms with E-state index in [0.29, 0.717) is 5.57 Å². The summed E-state index contributed by atoms with van der Waals surface area (Å²) in [6.07, 6.45) is 3.91. The zero-order chi connectivity index (χ0) is 13.9. The zero-order valence-corrected chi connectivity index (χ0v) is 11.2. The molecule has 1 aliphatic carbocycles. The number of rotatable bonds is 2. The van der Waals surface area contributed by atoms with Crippen molar-refractivity contribution in [3.63, 3.8) is 0 Å². The second-order valence-electron chi connectivity index (χ2n) is 4.61. The first-order chi connectivity index (χ1) is 9.79. The minimum absolute atomic E-state index is 0.302. The van der Waals surface area contributed by atoms with Gasteiger partial charge in [0.25, 0.3) is 0 Å². The summed E-state index contributed by atoms with van der Waals surface area (Å²) in [6, 6.07) is 17.9. The van der Waals surface area contributed by atoms with Crippen molar-refractivity contribution in [1.82, 2.24) is 0 Å². The summed E-state index contributed by atoms with van der Waals surface area (Å²) >= 11 is 0. The van der Waals surface area contributed by atoms with Crippen LogP contribution in [0.3, 0.4) is 0 Å². The number of ether oxygens (including phenoxy) is 1. The van der Waals surface area contributed by atoms with Gasteiger partial charge in [-0.15, -0.1) is 0 Å². The summed E-state index contributed by atoms with van der Waals surface area (Å²) in [5, 5.41) is 0. The number of hydrogen-bond acceptors (Lipinski definition) is 2. The topological polar surface area (TPSA) is 26.3 Å². The van der Waals surface area contributed by atoms with E-state index >= 15 is 0 Å². The van der Waals surface area contributed by atoms with Gasteiger partial charge in [-0.05, 0) is 34.4 Å². The highest BCUT2D eigenvalue weighted by Crippen LogP contribution is 2.37. The fourth-order valence-electron chi connectivity index (χ4n) is 2.40. The maximum Gasteiger partial charge on any atom is 0.338 e. The molecule has 2 heteroatoms. The van der Waals surface area contributed by atoms with E-state index < -0.39 is 0 Å². The fourth-order valence-corrected chi connectivity index (χ4v) is 2.40. The average molecular weight is 262 g/mol. The molecule has 0 heterocycles. The van der Waals surface area contributed by atoms with Gasteiger partial charge in [-0.25, -0.2) is 4.79 Å². The van der Waals surface area contributed by atoms with Gasteiger partial charge in [-0.2, -0.15) is 0 Å². The number of benzene rings is 2. The van der Waals surface area contributed by atoms with Gasteiger partial charge in [-0.3, -0.25) is 0 Å². The van der Waals surface area contributed by atoms with Crippen molar-refractivity contribution >= 4 is 23.7 Å². The van der Waals surface area contributed by atoms with E-state index in [1.165, 1.54) is 7.11 Å². The Labute approximate surface area is 118 Å². The summed E-state index contributed by atoms with van der Waals surface area (Å²) in [5.41, 5.74) is 4.71. The molecule has 0 aromatic heterocycles. The summed E-state index contributed by atoms with van der Waals surface area (Å²) in [6.45, 7) is 0. The minimum atomic E-state index is -0.302. The number of methoxy groups -OCH3 is 1. The molecular formula is C18H14O2. The van der Waals surface area contributed by atoms with Crippen LogP contribution in [-0.2, 0) is 9.53 Å². The fraction of sp³-hybridized carbons (Fsp3) is 0.0556. The molecule has 0 spiro atoms. The molecule has 0 fully saturated rings. The predicted molar refractivity (Wildman–Crippen MR) is 80.7 cm³/mol. The molecule has 98 valence electrons. The lowest BCUT2D eigenvalue weighted by molar-refractivity contribution is -0.135. The van der Waals surface area contributed by atoms with Crippen LogP contribution in [0.4, 0.5) is 0 Å². The number of esters is 1. The van der Waals surface area contributed by atoms with Crippen LogP contribution in [0.2, 0.25) is 0 Å². The average Bonchev–Trinajstić information content (AvgIpc) is 2.86. The second kappa shape index (κ2) is 5.17. The van der Waals surface area contributed by atoms with Crippen molar-refractivity contribution in [1.29, 1.82) is 0 Å². The van der Waals surface area contributed by atoms with Gasteiger partial charge in [0.15, 0.2) is 0 Å². The SMILES string of the molecule is COC(=O)C1=Cc2ccccc2/C1=C/c1ccccc1. The zero-order valence-electron chi connectivity index (χ0n) is 11.2. The molecule has 0 saturated heterocycles. The van der Waals surface area contributed by atoms with Gasteiger partial charge in [0, 0.05) is 0 Å². The first kappa shape index (κ1) is 12.4.